The quantitative estimate of drug-likeness (QED) is 0.328. The highest BCUT2D eigenvalue weighted by Gasteiger charge is 2.35. The van der Waals surface area contributed by atoms with Crippen LogP contribution in [-0.2, 0) is 9.53 Å². The van der Waals surface area contributed by atoms with E-state index in [0.29, 0.717) is 23.7 Å². The largest absolute Gasteiger partial charge is 0.460 e. The number of nitrogens with zero attached hydrogens (tertiary/aromatic N) is 4. The Morgan fingerprint density at radius 3 is 2.55 bits per heavy atom. The summed E-state index contributed by atoms with van der Waals surface area (Å²) in [6, 6.07) is 19.5. The molecule has 5 rings (SSSR count). The van der Waals surface area contributed by atoms with Gasteiger partial charge in [0.25, 0.3) is 0 Å². The van der Waals surface area contributed by atoms with Gasteiger partial charge in [-0.2, -0.15) is 5.26 Å². The highest BCUT2D eigenvalue weighted by atomic mass is 16.6. The second-order valence-corrected chi connectivity index (χ2v) is 10.5. The minimum absolute atomic E-state index is 0.133. The van der Waals surface area contributed by atoms with Crippen LogP contribution in [0.15, 0.2) is 65.3 Å². The van der Waals surface area contributed by atoms with Gasteiger partial charge in [-0.25, -0.2) is 4.98 Å². The van der Waals surface area contributed by atoms with Crippen LogP contribution < -0.4 is 10.6 Å². The van der Waals surface area contributed by atoms with Gasteiger partial charge in [-0.3, -0.25) is 4.79 Å². The molecule has 0 bridgehead atoms. The number of nitrogens with two attached hydrogens (primary N) is 1. The fourth-order valence-corrected chi connectivity index (χ4v) is 4.82. The second kappa shape index (κ2) is 9.67. The minimum atomic E-state index is -0.597. The lowest BCUT2D eigenvalue weighted by molar-refractivity contribution is -0.155. The first-order valence-electron chi connectivity index (χ1n) is 12.4. The normalized spacial score (nSPS) is 14.7. The van der Waals surface area contributed by atoms with Crippen molar-refractivity contribution in [1.82, 2.24) is 10.1 Å². The zero-order chi connectivity index (χ0) is 27.0. The number of aromatic nitrogens is 2. The second-order valence-electron chi connectivity index (χ2n) is 10.5. The maximum absolute atomic E-state index is 13.0. The summed E-state index contributed by atoms with van der Waals surface area (Å²) in [6.45, 7) is 7.92. The Bertz CT molecular complexity index is 1530. The summed E-state index contributed by atoms with van der Waals surface area (Å²) < 4.78 is 11.5. The van der Waals surface area contributed by atoms with Crippen LogP contribution >= 0.6 is 0 Å². The van der Waals surface area contributed by atoms with Gasteiger partial charge in [0.05, 0.1) is 23.7 Å². The maximum Gasteiger partial charge on any atom is 0.307 e. The van der Waals surface area contributed by atoms with Crippen LogP contribution in [0.25, 0.3) is 22.3 Å². The summed E-state index contributed by atoms with van der Waals surface area (Å²) >= 11 is 0. The molecule has 8 nitrogen and oxygen atoms in total. The van der Waals surface area contributed by atoms with Crippen LogP contribution in [0, 0.1) is 18.3 Å². The molecule has 0 aliphatic carbocycles. The van der Waals surface area contributed by atoms with Crippen molar-refractivity contribution in [3.63, 3.8) is 0 Å². The molecular formula is C30H29N5O3. The molecule has 192 valence electrons. The fourth-order valence-electron chi connectivity index (χ4n) is 4.82. The molecule has 2 aromatic heterocycles. The number of benzene rings is 2. The van der Waals surface area contributed by atoms with Crippen molar-refractivity contribution >= 4 is 23.2 Å². The third-order valence-electron chi connectivity index (χ3n) is 6.48. The summed E-state index contributed by atoms with van der Waals surface area (Å²) in [4.78, 5) is 19.4. The number of carbonyl (C=O) groups is 1. The lowest BCUT2D eigenvalue weighted by atomic mass is 9.94. The highest BCUT2D eigenvalue weighted by molar-refractivity contribution is 5.89. The Morgan fingerprint density at radius 2 is 1.89 bits per heavy atom. The molecule has 1 aliphatic rings. The monoisotopic (exact) mass is 507 g/mol. The van der Waals surface area contributed by atoms with Gasteiger partial charge in [0, 0.05) is 46.7 Å². The Labute approximate surface area is 221 Å². The number of carbonyl (C=O) groups excluding carboxylic acids is 1. The predicted octanol–water partition coefficient (Wildman–Crippen LogP) is 6.13. The number of rotatable bonds is 4. The van der Waals surface area contributed by atoms with E-state index < -0.39 is 5.60 Å². The Balaban J connectivity index is 1.66. The number of ether oxygens (including phenoxy) is 1. The van der Waals surface area contributed by atoms with E-state index >= 15 is 0 Å². The molecular weight excluding hydrogens is 478 g/mol. The average molecular weight is 508 g/mol. The van der Waals surface area contributed by atoms with Gasteiger partial charge in [0.2, 0.25) is 0 Å². The number of hydrogen-bond acceptors (Lipinski definition) is 8. The highest BCUT2D eigenvalue weighted by Crippen LogP contribution is 2.47. The molecule has 1 unspecified atom stereocenters. The first-order valence-corrected chi connectivity index (χ1v) is 12.4. The van der Waals surface area contributed by atoms with Crippen LogP contribution in [-0.4, -0.2) is 28.3 Å². The van der Waals surface area contributed by atoms with Crippen molar-refractivity contribution in [2.45, 2.75) is 45.6 Å². The van der Waals surface area contributed by atoms with Crippen LogP contribution in [0.4, 0.5) is 17.2 Å². The molecule has 1 atom stereocenters. The summed E-state index contributed by atoms with van der Waals surface area (Å²) in [6.07, 6.45) is 1.88. The molecule has 0 amide bonds. The smallest absolute Gasteiger partial charge is 0.307 e. The molecule has 38 heavy (non-hydrogen) atoms. The Morgan fingerprint density at radius 1 is 1.16 bits per heavy atom. The lowest BCUT2D eigenvalue weighted by Gasteiger charge is -2.29. The third-order valence-corrected chi connectivity index (χ3v) is 6.48. The SMILES string of the molecule is Cc1noc2c1-c1ccc(-c3ccc(N)nc3)cc1N(c1ccc(C#N)cc1)CC2CC(=O)OC(C)(C)C. The van der Waals surface area contributed by atoms with Crippen molar-refractivity contribution in [3.8, 4) is 28.3 Å². The van der Waals surface area contributed by atoms with Crippen LogP contribution in [0.5, 0.6) is 0 Å². The number of esters is 1. The van der Waals surface area contributed by atoms with Gasteiger partial charge < -0.3 is 19.9 Å². The van der Waals surface area contributed by atoms with E-state index in [1.165, 1.54) is 0 Å². The molecule has 0 fully saturated rings. The molecule has 8 heteroatoms. The summed E-state index contributed by atoms with van der Waals surface area (Å²) in [5.74, 6) is 0.498. The summed E-state index contributed by atoms with van der Waals surface area (Å²) in [5.41, 5.74) is 12.1. The number of fused-ring (bicyclic) bond motifs is 3. The predicted molar refractivity (Wildman–Crippen MR) is 146 cm³/mol. The first-order chi connectivity index (χ1) is 18.1. The van der Waals surface area contributed by atoms with Crippen molar-refractivity contribution in [1.29, 1.82) is 5.26 Å². The maximum atomic E-state index is 13.0. The number of nitrogen functional groups attached to an aromatic ring is 1. The molecule has 1 aliphatic heterocycles. The standard InChI is InChI=1S/C30H29N5O3/c1-18-28-24-11-7-20(21-8-12-26(32)33-16-21)13-25(24)35(23-9-5-19(15-31)6-10-23)17-22(29(28)38-34-18)14-27(36)37-30(2,3)4/h5-13,16,22H,14,17H2,1-4H3,(H2,32,33). The van der Waals surface area contributed by atoms with Gasteiger partial charge in [-0.15, -0.1) is 0 Å². The lowest BCUT2D eigenvalue weighted by Crippen LogP contribution is -2.28. The van der Waals surface area contributed by atoms with Gasteiger partial charge in [0.15, 0.2) is 0 Å². The van der Waals surface area contributed by atoms with E-state index in [1.807, 2.05) is 52.0 Å². The van der Waals surface area contributed by atoms with Crippen LogP contribution in [0.1, 0.15) is 50.1 Å². The van der Waals surface area contributed by atoms with Crippen LogP contribution in [0.2, 0.25) is 0 Å². The third kappa shape index (κ3) is 4.96. The zero-order valence-corrected chi connectivity index (χ0v) is 21.9. The number of nitriles is 1. The van der Waals surface area contributed by atoms with Gasteiger partial charge in [-0.1, -0.05) is 17.3 Å². The van der Waals surface area contributed by atoms with Crippen molar-refractivity contribution < 1.29 is 14.1 Å². The van der Waals surface area contributed by atoms with Crippen LogP contribution in [0.3, 0.4) is 0 Å². The summed E-state index contributed by atoms with van der Waals surface area (Å²) in [7, 11) is 0. The van der Waals surface area contributed by atoms with Gasteiger partial charge >= 0.3 is 5.97 Å². The number of aryl methyl sites for hydroxylation is 1. The first kappa shape index (κ1) is 25.0. The van der Waals surface area contributed by atoms with E-state index in [9.17, 15) is 10.1 Å². The van der Waals surface area contributed by atoms with E-state index in [-0.39, 0.29) is 18.3 Å². The topological polar surface area (TPSA) is 118 Å². The average Bonchev–Trinajstić information content (AvgIpc) is 3.20. The molecule has 3 heterocycles. The molecule has 0 saturated heterocycles. The van der Waals surface area contributed by atoms with Gasteiger partial charge in [-0.05, 0) is 75.7 Å². The number of anilines is 3. The molecule has 2 N–H and O–H groups in total. The van der Waals surface area contributed by atoms with E-state index in [1.54, 1.807) is 24.4 Å². The molecule has 0 radical (unpaired) electrons. The summed E-state index contributed by atoms with van der Waals surface area (Å²) in [5, 5.41) is 13.6. The van der Waals surface area contributed by atoms with Crippen molar-refractivity contribution in [3.05, 3.63) is 77.8 Å². The minimum Gasteiger partial charge on any atom is -0.460 e. The number of hydrogen-bond donors (Lipinski definition) is 1. The van der Waals surface area contributed by atoms with Crippen molar-refractivity contribution in [2.75, 3.05) is 17.2 Å². The van der Waals surface area contributed by atoms with E-state index in [0.717, 1.165) is 39.3 Å². The van der Waals surface area contributed by atoms with E-state index in [2.05, 4.69) is 33.2 Å². The Kier molecular flexibility index (Phi) is 6.37. The molecule has 4 aromatic rings. The van der Waals surface area contributed by atoms with E-state index in [4.69, 9.17) is 15.0 Å². The van der Waals surface area contributed by atoms with Gasteiger partial charge in [0.1, 0.15) is 17.2 Å². The molecule has 0 spiro atoms. The fraction of sp³-hybridized carbons (Fsp3) is 0.267. The zero-order valence-electron chi connectivity index (χ0n) is 21.9. The van der Waals surface area contributed by atoms with Crippen molar-refractivity contribution in [2.24, 2.45) is 0 Å². The molecule has 0 saturated carbocycles. The number of pyridine rings is 1. The Hall–Kier alpha value is -4.64. The molecule has 2 aromatic carbocycles.